The minimum absolute atomic E-state index is 0.211. The number of aryl methyl sites for hydroxylation is 1. The van der Waals surface area contributed by atoms with Crippen molar-refractivity contribution in [3.05, 3.63) is 35.4 Å². The highest BCUT2D eigenvalue weighted by Crippen LogP contribution is 2.09. The van der Waals surface area contributed by atoms with Gasteiger partial charge in [0.1, 0.15) is 0 Å². The lowest BCUT2D eigenvalue weighted by molar-refractivity contribution is 0.102. The zero-order chi connectivity index (χ0) is 10.4. The fourth-order valence-corrected chi connectivity index (χ4v) is 2.07. The first kappa shape index (κ1) is 11.8. The molecule has 0 N–H and O–H groups in total. The van der Waals surface area contributed by atoms with E-state index in [-0.39, 0.29) is 5.78 Å². The molecule has 0 amide bonds. The van der Waals surface area contributed by atoms with Gasteiger partial charge in [-0.25, -0.2) is 0 Å². The third-order valence-corrected chi connectivity index (χ3v) is 2.88. The molecule has 76 valence electrons. The zero-order valence-electron chi connectivity index (χ0n) is 8.13. The van der Waals surface area contributed by atoms with Crippen molar-refractivity contribution < 1.29 is 4.79 Å². The van der Waals surface area contributed by atoms with Crippen LogP contribution in [0, 0.1) is 0 Å². The van der Waals surface area contributed by atoms with Crippen LogP contribution in [0.1, 0.15) is 15.9 Å². The lowest BCUT2D eigenvalue weighted by Gasteiger charge is -2.01. The van der Waals surface area contributed by atoms with Gasteiger partial charge in [0.15, 0.2) is 5.78 Å². The lowest BCUT2D eigenvalue weighted by Crippen LogP contribution is -2.01. The Labute approximate surface area is 97.4 Å². The van der Waals surface area contributed by atoms with Gasteiger partial charge in [0.05, 0.1) is 5.75 Å². The maximum Gasteiger partial charge on any atom is 0.172 e. The summed E-state index contributed by atoms with van der Waals surface area (Å²) in [7, 11) is 0. The summed E-state index contributed by atoms with van der Waals surface area (Å²) in [5.41, 5.74) is 2.08. The summed E-state index contributed by atoms with van der Waals surface area (Å²) in [4.78, 5) is 11.5. The van der Waals surface area contributed by atoms with Crippen molar-refractivity contribution in [3.8, 4) is 0 Å². The summed E-state index contributed by atoms with van der Waals surface area (Å²) in [6.45, 7) is 0. The molecule has 0 atom stereocenters. The normalized spacial score (nSPS) is 10.1. The van der Waals surface area contributed by atoms with Gasteiger partial charge in [0.25, 0.3) is 0 Å². The monoisotopic (exact) mass is 272 g/mol. The predicted octanol–water partition coefficient (Wildman–Crippen LogP) is 3.17. The Balaban J connectivity index is 2.67. The third-order valence-electron chi connectivity index (χ3n) is 1.93. The van der Waals surface area contributed by atoms with Gasteiger partial charge in [0.2, 0.25) is 0 Å². The molecule has 0 aliphatic carbocycles. The van der Waals surface area contributed by atoms with Gasteiger partial charge in [-0.1, -0.05) is 40.2 Å². The van der Waals surface area contributed by atoms with Gasteiger partial charge < -0.3 is 0 Å². The van der Waals surface area contributed by atoms with Gasteiger partial charge in [-0.05, 0) is 18.2 Å². The molecule has 0 saturated heterocycles. The van der Waals surface area contributed by atoms with Crippen molar-refractivity contribution in [2.24, 2.45) is 0 Å². The number of ketones is 1. The summed E-state index contributed by atoms with van der Waals surface area (Å²) < 4.78 is 0. The smallest absolute Gasteiger partial charge is 0.172 e. The molecule has 0 heterocycles. The average molecular weight is 273 g/mol. The van der Waals surface area contributed by atoms with E-state index in [2.05, 4.69) is 15.9 Å². The van der Waals surface area contributed by atoms with E-state index in [1.165, 1.54) is 5.56 Å². The summed E-state index contributed by atoms with van der Waals surface area (Å²) in [5.74, 6) is 0.778. The molecule has 0 aliphatic heterocycles. The largest absolute Gasteiger partial charge is 0.293 e. The Morgan fingerprint density at radius 2 is 2.00 bits per heavy atom. The minimum Gasteiger partial charge on any atom is -0.293 e. The molecule has 14 heavy (non-hydrogen) atoms. The molecule has 0 aliphatic rings. The SMILES string of the molecule is CSCC(=O)c1ccc(CCBr)cc1. The van der Waals surface area contributed by atoms with Gasteiger partial charge in [0, 0.05) is 10.9 Å². The molecule has 0 bridgehead atoms. The highest BCUT2D eigenvalue weighted by molar-refractivity contribution is 9.09. The molecule has 3 heteroatoms. The Morgan fingerprint density at radius 3 is 2.50 bits per heavy atom. The van der Waals surface area contributed by atoms with E-state index in [1.54, 1.807) is 11.8 Å². The second-order valence-electron chi connectivity index (χ2n) is 2.99. The molecule has 1 aromatic carbocycles. The van der Waals surface area contributed by atoms with Gasteiger partial charge in [-0.2, -0.15) is 11.8 Å². The summed E-state index contributed by atoms with van der Waals surface area (Å²) in [6, 6.07) is 7.87. The van der Waals surface area contributed by atoms with E-state index < -0.39 is 0 Å². The number of alkyl halides is 1. The molecule has 1 rings (SSSR count). The predicted molar refractivity (Wildman–Crippen MR) is 66.7 cm³/mol. The topological polar surface area (TPSA) is 17.1 Å². The number of Topliss-reactive ketones (excluding diaryl/α,β-unsaturated/α-hetero) is 1. The molecular formula is C11H13BrOS. The van der Waals surface area contributed by atoms with Crippen molar-refractivity contribution >= 4 is 33.5 Å². The molecule has 0 spiro atoms. The van der Waals surface area contributed by atoms with Gasteiger partial charge >= 0.3 is 0 Å². The standard InChI is InChI=1S/C11H13BrOS/c1-14-8-11(13)10-4-2-9(3-5-10)6-7-12/h2-5H,6-8H2,1H3. The maximum atomic E-state index is 11.5. The third kappa shape index (κ3) is 3.46. The highest BCUT2D eigenvalue weighted by Gasteiger charge is 2.03. The van der Waals surface area contributed by atoms with Crippen LogP contribution < -0.4 is 0 Å². The van der Waals surface area contributed by atoms with Crippen molar-refractivity contribution in [3.63, 3.8) is 0 Å². The van der Waals surface area contributed by atoms with Crippen LogP contribution in [0.25, 0.3) is 0 Å². The second kappa shape index (κ2) is 6.25. The highest BCUT2D eigenvalue weighted by atomic mass is 79.9. The van der Waals surface area contributed by atoms with Gasteiger partial charge in [-0.3, -0.25) is 4.79 Å². The second-order valence-corrected chi connectivity index (χ2v) is 4.65. The van der Waals surface area contributed by atoms with Crippen LogP contribution in [0.5, 0.6) is 0 Å². The Hall–Kier alpha value is -0.280. The fourth-order valence-electron chi connectivity index (χ4n) is 1.18. The van der Waals surface area contributed by atoms with E-state index in [9.17, 15) is 4.79 Å². The number of halogens is 1. The van der Waals surface area contributed by atoms with Crippen LogP contribution in [0.2, 0.25) is 0 Å². The number of carbonyl (C=O) groups is 1. The van der Waals surface area contributed by atoms with Crippen LogP contribution in [-0.2, 0) is 6.42 Å². The first-order chi connectivity index (χ1) is 6.77. The van der Waals surface area contributed by atoms with E-state index in [4.69, 9.17) is 0 Å². The van der Waals surface area contributed by atoms with E-state index in [1.807, 2.05) is 30.5 Å². The van der Waals surface area contributed by atoms with E-state index in [0.29, 0.717) is 5.75 Å². The fraction of sp³-hybridized carbons (Fsp3) is 0.364. The van der Waals surface area contributed by atoms with Crippen molar-refractivity contribution in [2.75, 3.05) is 17.3 Å². The number of hydrogen-bond acceptors (Lipinski definition) is 2. The first-order valence-electron chi connectivity index (χ1n) is 4.45. The van der Waals surface area contributed by atoms with Crippen molar-refractivity contribution in [1.82, 2.24) is 0 Å². The molecule has 0 radical (unpaired) electrons. The number of thioether (sulfide) groups is 1. The van der Waals surface area contributed by atoms with Crippen LogP contribution in [0.4, 0.5) is 0 Å². The lowest BCUT2D eigenvalue weighted by atomic mass is 10.1. The van der Waals surface area contributed by atoms with Crippen molar-refractivity contribution in [2.45, 2.75) is 6.42 Å². The number of carbonyl (C=O) groups excluding carboxylic acids is 1. The maximum absolute atomic E-state index is 11.5. The molecule has 1 aromatic rings. The van der Waals surface area contributed by atoms with Gasteiger partial charge in [-0.15, -0.1) is 0 Å². The van der Waals surface area contributed by atoms with Crippen LogP contribution in [0.3, 0.4) is 0 Å². The average Bonchev–Trinajstić information content (AvgIpc) is 2.20. The molecule has 0 aromatic heterocycles. The van der Waals surface area contributed by atoms with E-state index >= 15 is 0 Å². The Morgan fingerprint density at radius 1 is 1.36 bits per heavy atom. The minimum atomic E-state index is 0.211. The van der Waals surface area contributed by atoms with Crippen molar-refractivity contribution in [1.29, 1.82) is 0 Å². The Bertz CT molecular complexity index is 295. The summed E-state index contributed by atoms with van der Waals surface area (Å²) in [6.07, 6.45) is 2.95. The van der Waals surface area contributed by atoms with Crippen LogP contribution >= 0.6 is 27.7 Å². The van der Waals surface area contributed by atoms with Crippen LogP contribution in [0.15, 0.2) is 24.3 Å². The molecule has 0 saturated carbocycles. The molecular weight excluding hydrogens is 260 g/mol. The first-order valence-corrected chi connectivity index (χ1v) is 6.96. The zero-order valence-corrected chi connectivity index (χ0v) is 10.5. The van der Waals surface area contributed by atoms with E-state index in [0.717, 1.165) is 17.3 Å². The molecule has 0 unspecified atom stereocenters. The number of benzene rings is 1. The van der Waals surface area contributed by atoms with Crippen LogP contribution in [-0.4, -0.2) is 23.1 Å². The summed E-state index contributed by atoms with van der Waals surface area (Å²) in [5, 5.41) is 0.963. The number of rotatable bonds is 5. The molecule has 0 fully saturated rings. The Kier molecular flexibility index (Phi) is 5.26. The number of hydrogen-bond donors (Lipinski definition) is 0. The molecule has 1 nitrogen and oxygen atoms in total. The quantitative estimate of drug-likeness (QED) is 0.605. The summed E-state index contributed by atoms with van der Waals surface area (Å²) >= 11 is 4.95.